The predicted octanol–water partition coefficient (Wildman–Crippen LogP) is 2.84. The van der Waals surface area contributed by atoms with Crippen LogP contribution in [0, 0.1) is 12.8 Å². The largest absolute Gasteiger partial charge is 0.352 e. The minimum Gasteiger partial charge on any atom is -0.352 e. The minimum atomic E-state index is -0.146. The number of aryl methyl sites for hydroxylation is 1. The summed E-state index contributed by atoms with van der Waals surface area (Å²) in [5.74, 6) is 1.38. The van der Waals surface area contributed by atoms with Gasteiger partial charge in [-0.2, -0.15) is 0 Å². The first-order valence-electron chi connectivity index (χ1n) is 10.1. The molecule has 1 aromatic heterocycles. The molecule has 2 amide bonds. The lowest BCUT2D eigenvalue weighted by atomic mass is 9.86. The first kappa shape index (κ1) is 21.4. The van der Waals surface area contributed by atoms with E-state index < -0.39 is 0 Å². The molecule has 1 aliphatic carbocycles. The fraction of sp³-hybridized carbons (Fsp3) is 0.524. The van der Waals surface area contributed by atoms with E-state index >= 15 is 0 Å². The Hall–Kier alpha value is -2.35. The van der Waals surface area contributed by atoms with E-state index in [9.17, 15) is 9.59 Å². The maximum atomic E-state index is 12.3. The van der Waals surface area contributed by atoms with Crippen LogP contribution in [0.3, 0.4) is 0 Å². The van der Waals surface area contributed by atoms with Gasteiger partial charge in [-0.1, -0.05) is 49.2 Å². The summed E-state index contributed by atoms with van der Waals surface area (Å²) in [6.07, 6.45) is 4.68. The predicted molar refractivity (Wildman–Crippen MR) is 114 cm³/mol. The molecule has 2 atom stereocenters. The Bertz CT molecular complexity index is 867. The molecule has 0 unspecified atom stereocenters. The number of thioether (sulfide) groups is 1. The second-order valence-corrected chi connectivity index (χ2v) is 8.68. The molecule has 0 spiro atoms. The fourth-order valence-electron chi connectivity index (χ4n) is 3.58. The van der Waals surface area contributed by atoms with Gasteiger partial charge in [0.05, 0.1) is 12.3 Å². The van der Waals surface area contributed by atoms with Crippen molar-refractivity contribution in [2.45, 2.75) is 57.3 Å². The lowest BCUT2D eigenvalue weighted by molar-refractivity contribution is -0.119. The van der Waals surface area contributed by atoms with Crippen molar-refractivity contribution in [3.63, 3.8) is 0 Å². The van der Waals surface area contributed by atoms with E-state index in [1.807, 2.05) is 36.7 Å². The van der Waals surface area contributed by atoms with Gasteiger partial charge in [0.15, 0.2) is 11.0 Å². The summed E-state index contributed by atoms with van der Waals surface area (Å²) < 4.78 is 1.82. The first-order valence-corrected chi connectivity index (χ1v) is 11.1. The Kier molecular flexibility index (Phi) is 7.30. The van der Waals surface area contributed by atoms with E-state index in [1.54, 1.807) is 6.07 Å². The zero-order chi connectivity index (χ0) is 20.8. The summed E-state index contributed by atoms with van der Waals surface area (Å²) in [7, 11) is 1.84. The Morgan fingerprint density at radius 1 is 1.24 bits per heavy atom. The molecule has 0 aliphatic heterocycles. The third-order valence-electron chi connectivity index (χ3n) is 5.40. The number of carbonyl (C=O) groups excluding carboxylic acids is 2. The Labute approximate surface area is 176 Å². The zero-order valence-electron chi connectivity index (χ0n) is 17.3. The summed E-state index contributed by atoms with van der Waals surface area (Å²) in [5, 5.41) is 15.0. The average Bonchev–Trinajstić information content (AvgIpc) is 3.06. The van der Waals surface area contributed by atoms with E-state index in [-0.39, 0.29) is 24.4 Å². The third-order valence-corrected chi connectivity index (χ3v) is 6.42. The first-order chi connectivity index (χ1) is 13.9. The highest BCUT2D eigenvalue weighted by molar-refractivity contribution is 7.99. The molecule has 2 aromatic rings. The van der Waals surface area contributed by atoms with E-state index in [0.717, 1.165) is 12.0 Å². The van der Waals surface area contributed by atoms with Crippen LogP contribution in [0.1, 0.15) is 54.4 Å². The van der Waals surface area contributed by atoms with E-state index in [1.165, 1.54) is 31.0 Å². The number of nitrogens with zero attached hydrogens (tertiary/aromatic N) is 3. The van der Waals surface area contributed by atoms with Crippen LogP contribution in [-0.4, -0.2) is 38.4 Å². The van der Waals surface area contributed by atoms with Crippen LogP contribution >= 0.6 is 11.8 Å². The van der Waals surface area contributed by atoms with Crippen molar-refractivity contribution in [1.29, 1.82) is 0 Å². The van der Waals surface area contributed by atoms with Crippen molar-refractivity contribution < 1.29 is 9.59 Å². The van der Waals surface area contributed by atoms with Crippen molar-refractivity contribution in [1.82, 2.24) is 25.4 Å². The normalized spacial score (nSPS) is 19.0. The van der Waals surface area contributed by atoms with Gasteiger partial charge in [-0.3, -0.25) is 9.59 Å². The number of benzene rings is 1. The minimum absolute atomic E-state index is 0.0334. The van der Waals surface area contributed by atoms with Crippen LogP contribution in [0.15, 0.2) is 29.4 Å². The van der Waals surface area contributed by atoms with Crippen LogP contribution < -0.4 is 10.6 Å². The van der Waals surface area contributed by atoms with Crippen LogP contribution in [0.25, 0.3) is 0 Å². The molecule has 156 valence electrons. The maximum Gasteiger partial charge on any atom is 0.251 e. The van der Waals surface area contributed by atoms with Gasteiger partial charge in [-0.25, -0.2) is 0 Å². The molecule has 1 aliphatic rings. The molecule has 8 heteroatoms. The van der Waals surface area contributed by atoms with Gasteiger partial charge in [0.2, 0.25) is 5.91 Å². The highest BCUT2D eigenvalue weighted by Crippen LogP contribution is 2.24. The van der Waals surface area contributed by atoms with E-state index in [0.29, 0.717) is 28.2 Å². The Balaban J connectivity index is 1.48. The number of aromatic nitrogens is 3. The molecule has 0 bridgehead atoms. The topological polar surface area (TPSA) is 88.9 Å². The standard InChI is InChI=1S/C21H29N5O2S/c1-14-7-6-9-16(11-14)20(28)22-12-18-24-25-21(26(18)3)29-13-19(27)23-17-10-5-4-8-15(17)2/h6-7,9,11,15,17H,4-5,8,10,12-13H2,1-3H3,(H,22,28)(H,23,27)/t15-,17+/m1/s1. The molecule has 1 heterocycles. The molecule has 0 radical (unpaired) electrons. The van der Waals surface area contributed by atoms with Crippen molar-refractivity contribution in [2.75, 3.05) is 5.75 Å². The molecule has 1 aromatic carbocycles. The molecule has 1 saturated carbocycles. The van der Waals surface area contributed by atoms with Gasteiger partial charge in [0.25, 0.3) is 5.91 Å². The molecule has 29 heavy (non-hydrogen) atoms. The maximum absolute atomic E-state index is 12.3. The number of rotatable bonds is 7. The number of hydrogen-bond donors (Lipinski definition) is 2. The van der Waals surface area contributed by atoms with Gasteiger partial charge >= 0.3 is 0 Å². The average molecular weight is 416 g/mol. The smallest absolute Gasteiger partial charge is 0.251 e. The Morgan fingerprint density at radius 2 is 2.03 bits per heavy atom. The van der Waals surface area contributed by atoms with Gasteiger partial charge in [0.1, 0.15) is 0 Å². The summed E-state index contributed by atoms with van der Waals surface area (Å²) in [4.78, 5) is 24.6. The highest BCUT2D eigenvalue weighted by atomic mass is 32.2. The van der Waals surface area contributed by atoms with Crippen LogP contribution in [0.2, 0.25) is 0 Å². The van der Waals surface area contributed by atoms with Gasteiger partial charge < -0.3 is 15.2 Å². The highest BCUT2D eigenvalue weighted by Gasteiger charge is 2.23. The van der Waals surface area contributed by atoms with Gasteiger partial charge in [0, 0.05) is 18.7 Å². The lowest BCUT2D eigenvalue weighted by Gasteiger charge is -2.29. The second kappa shape index (κ2) is 9.91. The van der Waals surface area contributed by atoms with Crippen molar-refractivity contribution in [2.24, 2.45) is 13.0 Å². The van der Waals surface area contributed by atoms with E-state index in [4.69, 9.17) is 0 Å². The molecule has 3 rings (SSSR count). The monoisotopic (exact) mass is 415 g/mol. The molecule has 7 nitrogen and oxygen atoms in total. The number of nitrogens with one attached hydrogen (secondary N) is 2. The zero-order valence-corrected chi connectivity index (χ0v) is 18.1. The van der Waals surface area contributed by atoms with Gasteiger partial charge in [-0.05, 0) is 37.8 Å². The summed E-state index contributed by atoms with van der Waals surface area (Å²) >= 11 is 1.36. The van der Waals surface area contributed by atoms with Crippen LogP contribution in [0.5, 0.6) is 0 Å². The third kappa shape index (κ3) is 5.82. The molecule has 0 saturated heterocycles. The molecular formula is C21H29N5O2S. The number of carbonyl (C=O) groups is 2. The van der Waals surface area contributed by atoms with Crippen LogP contribution in [-0.2, 0) is 18.4 Å². The molecule has 2 N–H and O–H groups in total. The summed E-state index contributed by atoms with van der Waals surface area (Å²) in [6.45, 7) is 4.44. The fourth-order valence-corrected chi connectivity index (χ4v) is 4.32. The molecular weight excluding hydrogens is 386 g/mol. The summed E-state index contributed by atoms with van der Waals surface area (Å²) in [6, 6.07) is 7.73. The number of amides is 2. The lowest BCUT2D eigenvalue weighted by Crippen LogP contribution is -2.41. The SMILES string of the molecule is Cc1cccc(C(=O)NCc2nnc(SCC(=O)N[C@H]3CCCC[C@H]3C)n2C)c1. The Morgan fingerprint density at radius 3 is 2.79 bits per heavy atom. The van der Waals surface area contributed by atoms with Gasteiger partial charge in [-0.15, -0.1) is 10.2 Å². The second-order valence-electron chi connectivity index (χ2n) is 7.73. The van der Waals surface area contributed by atoms with Crippen molar-refractivity contribution >= 4 is 23.6 Å². The van der Waals surface area contributed by atoms with Crippen LogP contribution in [0.4, 0.5) is 0 Å². The number of hydrogen-bond acceptors (Lipinski definition) is 5. The molecule has 1 fully saturated rings. The quantitative estimate of drug-likeness (QED) is 0.679. The van der Waals surface area contributed by atoms with Crippen molar-refractivity contribution in [3.05, 3.63) is 41.2 Å². The van der Waals surface area contributed by atoms with E-state index in [2.05, 4.69) is 27.8 Å². The summed E-state index contributed by atoms with van der Waals surface area (Å²) in [5.41, 5.74) is 1.66. The van der Waals surface area contributed by atoms with Crippen molar-refractivity contribution in [3.8, 4) is 0 Å².